The van der Waals surface area contributed by atoms with Crippen molar-refractivity contribution in [3.8, 4) is 0 Å². The summed E-state index contributed by atoms with van der Waals surface area (Å²) >= 11 is 0. The molecule has 13 heavy (non-hydrogen) atoms. The van der Waals surface area contributed by atoms with Crippen LogP contribution in [0, 0.1) is 5.41 Å². The first-order valence-corrected chi connectivity index (χ1v) is 5.15. The second kappa shape index (κ2) is 4.94. The van der Waals surface area contributed by atoms with Gasteiger partial charge in [-0.1, -0.05) is 19.8 Å². The van der Waals surface area contributed by atoms with Gasteiger partial charge in [-0.25, -0.2) is 0 Å². The zero-order valence-electron chi connectivity index (χ0n) is 8.42. The number of hydrogen-bond donors (Lipinski definition) is 3. The van der Waals surface area contributed by atoms with Crippen LogP contribution in [-0.2, 0) is 0 Å². The summed E-state index contributed by atoms with van der Waals surface area (Å²) in [6.45, 7) is 2.70. The van der Waals surface area contributed by atoms with Crippen LogP contribution in [0.25, 0.3) is 0 Å². The number of hydrogen-bond acceptors (Lipinski definition) is 3. The molecule has 0 heterocycles. The maximum atomic E-state index is 9.06. The van der Waals surface area contributed by atoms with E-state index in [-0.39, 0.29) is 18.6 Å². The molecule has 1 saturated carbocycles. The molecule has 0 radical (unpaired) electrons. The Balaban J connectivity index is 2.22. The van der Waals surface area contributed by atoms with Crippen LogP contribution in [0.5, 0.6) is 0 Å². The molecular formula is C10H21NO2. The molecule has 3 heteroatoms. The summed E-state index contributed by atoms with van der Waals surface area (Å²) in [4.78, 5) is 0. The van der Waals surface area contributed by atoms with Crippen molar-refractivity contribution < 1.29 is 10.2 Å². The van der Waals surface area contributed by atoms with Crippen LogP contribution in [0.1, 0.15) is 32.6 Å². The molecule has 0 amide bonds. The van der Waals surface area contributed by atoms with Crippen LogP contribution in [0.15, 0.2) is 0 Å². The molecular weight excluding hydrogens is 166 g/mol. The van der Waals surface area contributed by atoms with E-state index in [1.54, 1.807) is 0 Å². The van der Waals surface area contributed by atoms with Crippen LogP contribution in [-0.4, -0.2) is 36.0 Å². The van der Waals surface area contributed by atoms with Gasteiger partial charge in [-0.15, -0.1) is 0 Å². The Hall–Kier alpha value is -0.120. The molecule has 0 aromatic carbocycles. The normalized spacial score (nSPS) is 19.6. The van der Waals surface area contributed by atoms with Gasteiger partial charge in [0.2, 0.25) is 0 Å². The van der Waals surface area contributed by atoms with Crippen molar-refractivity contribution >= 4 is 0 Å². The van der Waals surface area contributed by atoms with Crippen molar-refractivity contribution in [1.29, 1.82) is 0 Å². The predicted molar refractivity (Wildman–Crippen MR) is 52.5 cm³/mol. The fraction of sp³-hybridized carbons (Fsp3) is 1.00. The first-order valence-electron chi connectivity index (χ1n) is 5.15. The summed E-state index contributed by atoms with van der Waals surface area (Å²) in [6.07, 6.45) is 5.11. The Kier molecular flexibility index (Phi) is 4.16. The lowest BCUT2D eigenvalue weighted by Gasteiger charge is -2.26. The van der Waals surface area contributed by atoms with Gasteiger partial charge in [0.05, 0.1) is 13.2 Å². The second-order valence-corrected chi connectivity index (χ2v) is 4.49. The van der Waals surface area contributed by atoms with E-state index >= 15 is 0 Å². The first kappa shape index (κ1) is 11.0. The van der Waals surface area contributed by atoms with E-state index in [4.69, 9.17) is 10.2 Å². The van der Waals surface area contributed by atoms with E-state index < -0.39 is 0 Å². The highest BCUT2D eigenvalue weighted by Gasteiger charge is 2.24. The summed E-state index contributed by atoms with van der Waals surface area (Å²) in [6, 6.07) is 0.609. The molecule has 0 bridgehead atoms. The molecule has 0 spiro atoms. The Morgan fingerprint density at radius 2 is 1.77 bits per heavy atom. The molecule has 1 rings (SSSR count). The predicted octanol–water partition coefficient (Wildman–Crippen LogP) is 0.509. The number of rotatable bonds is 5. The zero-order valence-corrected chi connectivity index (χ0v) is 8.42. The van der Waals surface area contributed by atoms with Gasteiger partial charge in [0, 0.05) is 18.0 Å². The van der Waals surface area contributed by atoms with E-state index in [0.29, 0.717) is 12.6 Å². The van der Waals surface area contributed by atoms with Gasteiger partial charge in [-0.05, 0) is 12.8 Å². The summed E-state index contributed by atoms with van der Waals surface area (Å²) in [5.41, 5.74) is -0.359. The van der Waals surface area contributed by atoms with E-state index in [2.05, 4.69) is 5.32 Å². The molecule has 1 fully saturated rings. The SMILES string of the molecule is CC(CO)(CO)CNC1CCCC1. The summed E-state index contributed by atoms with van der Waals surface area (Å²) in [5.74, 6) is 0. The third-order valence-electron chi connectivity index (χ3n) is 2.94. The van der Waals surface area contributed by atoms with Crippen molar-refractivity contribution in [2.24, 2.45) is 5.41 Å². The molecule has 0 atom stereocenters. The topological polar surface area (TPSA) is 52.5 Å². The van der Waals surface area contributed by atoms with Crippen LogP contribution in [0.2, 0.25) is 0 Å². The Bertz CT molecular complexity index is 140. The monoisotopic (exact) mass is 187 g/mol. The van der Waals surface area contributed by atoms with Gasteiger partial charge < -0.3 is 15.5 Å². The fourth-order valence-electron chi connectivity index (χ4n) is 1.68. The van der Waals surface area contributed by atoms with Crippen molar-refractivity contribution in [2.75, 3.05) is 19.8 Å². The highest BCUT2D eigenvalue weighted by atomic mass is 16.3. The maximum Gasteiger partial charge on any atom is 0.0518 e. The summed E-state index contributed by atoms with van der Waals surface area (Å²) < 4.78 is 0. The van der Waals surface area contributed by atoms with E-state index in [1.807, 2.05) is 6.92 Å². The Labute approximate surface area is 80.2 Å². The van der Waals surface area contributed by atoms with Crippen molar-refractivity contribution in [1.82, 2.24) is 5.32 Å². The minimum absolute atomic E-state index is 0.0449. The highest BCUT2D eigenvalue weighted by molar-refractivity contribution is 4.80. The Morgan fingerprint density at radius 1 is 1.23 bits per heavy atom. The molecule has 0 unspecified atom stereocenters. The lowest BCUT2D eigenvalue weighted by Crippen LogP contribution is -2.41. The average molecular weight is 187 g/mol. The molecule has 0 aliphatic heterocycles. The molecule has 3 N–H and O–H groups in total. The third-order valence-corrected chi connectivity index (χ3v) is 2.94. The minimum Gasteiger partial charge on any atom is -0.396 e. The van der Waals surface area contributed by atoms with Gasteiger partial charge in [0.15, 0.2) is 0 Å². The standard InChI is InChI=1S/C10H21NO2/c1-10(7-12,8-13)6-11-9-4-2-3-5-9/h9,11-13H,2-8H2,1H3. The van der Waals surface area contributed by atoms with Crippen molar-refractivity contribution in [3.05, 3.63) is 0 Å². The van der Waals surface area contributed by atoms with Crippen LogP contribution in [0.4, 0.5) is 0 Å². The van der Waals surface area contributed by atoms with Crippen molar-refractivity contribution in [3.63, 3.8) is 0 Å². The second-order valence-electron chi connectivity index (χ2n) is 4.49. The van der Waals surface area contributed by atoms with Gasteiger partial charge in [-0.3, -0.25) is 0 Å². The summed E-state index contributed by atoms with van der Waals surface area (Å²) in [7, 11) is 0. The van der Waals surface area contributed by atoms with E-state index in [0.717, 1.165) is 0 Å². The molecule has 1 aliphatic rings. The number of aliphatic hydroxyl groups is 2. The highest BCUT2D eigenvalue weighted by Crippen LogP contribution is 2.19. The smallest absolute Gasteiger partial charge is 0.0518 e. The fourth-order valence-corrected chi connectivity index (χ4v) is 1.68. The van der Waals surface area contributed by atoms with E-state index in [1.165, 1.54) is 25.7 Å². The molecule has 3 nitrogen and oxygen atoms in total. The van der Waals surface area contributed by atoms with Gasteiger partial charge in [-0.2, -0.15) is 0 Å². The maximum absolute atomic E-state index is 9.06. The third kappa shape index (κ3) is 3.25. The van der Waals surface area contributed by atoms with Gasteiger partial charge >= 0.3 is 0 Å². The van der Waals surface area contributed by atoms with Crippen LogP contribution >= 0.6 is 0 Å². The molecule has 0 aromatic rings. The lowest BCUT2D eigenvalue weighted by molar-refractivity contribution is 0.0674. The molecule has 0 aromatic heterocycles. The Morgan fingerprint density at radius 3 is 2.23 bits per heavy atom. The quantitative estimate of drug-likeness (QED) is 0.588. The minimum atomic E-state index is -0.359. The molecule has 0 saturated heterocycles. The number of nitrogens with one attached hydrogen (secondary N) is 1. The van der Waals surface area contributed by atoms with Crippen LogP contribution < -0.4 is 5.32 Å². The number of aliphatic hydroxyl groups excluding tert-OH is 2. The van der Waals surface area contributed by atoms with Crippen LogP contribution in [0.3, 0.4) is 0 Å². The molecule has 78 valence electrons. The lowest BCUT2D eigenvalue weighted by atomic mass is 9.92. The average Bonchev–Trinajstić information content (AvgIpc) is 2.67. The van der Waals surface area contributed by atoms with Crippen molar-refractivity contribution in [2.45, 2.75) is 38.6 Å². The largest absolute Gasteiger partial charge is 0.396 e. The first-order chi connectivity index (χ1) is 6.20. The van der Waals surface area contributed by atoms with E-state index in [9.17, 15) is 0 Å². The molecule has 1 aliphatic carbocycles. The zero-order chi connectivity index (χ0) is 9.73. The van der Waals surface area contributed by atoms with Gasteiger partial charge in [0.25, 0.3) is 0 Å². The van der Waals surface area contributed by atoms with Gasteiger partial charge in [0.1, 0.15) is 0 Å². The summed E-state index contributed by atoms with van der Waals surface area (Å²) in [5, 5.41) is 21.5.